The van der Waals surface area contributed by atoms with Crippen molar-refractivity contribution < 1.29 is 4.79 Å². The number of benzene rings is 1. The molecule has 1 unspecified atom stereocenters. The number of rotatable bonds is 4. The second-order valence-corrected chi connectivity index (χ2v) is 5.88. The van der Waals surface area contributed by atoms with Crippen molar-refractivity contribution in [1.29, 1.82) is 0 Å². The summed E-state index contributed by atoms with van der Waals surface area (Å²) in [5, 5.41) is 0.975. The minimum atomic E-state index is 0.00122. The van der Waals surface area contributed by atoms with Crippen LogP contribution in [0.4, 0.5) is 0 Å². The Morgan fingerprint density at radius 2 is 2.05 bits per heavy atom. The Hall–Kier alpha value is -0.770. The highest BCUT2D eigenvalue weighted by Crippen LogP contribution is 2.24. The largest absolute Gasteiger partial charge is 0.337 e. The molecular weight excluding hydrogens is 295 g/mol. The van der Waals surface area contributed by atoms with E-state index in [1.54, 1.807) is 18.2 Å². The lowest BCUT2D eigenvalue weighted by atomic mass is 10.2. The van der Waals surface area contributed by atoms with E-state index in [2.05, 4.69) is 18.7 Å². The van der Waals surface area contributed by atoms with Gasteiger partial charge in [0.1, 0.15) is 0 Å². The molecule has 1 aromatic carbocycles. The molecule has 0 radical (unpaired) electrons. The lowest BCUT2D eigenvalue weighted by Crippen LogP contribution is -2.38. The highest BCUT2D eigenvalue weighted by atomic mass is 35.5. The van der Waals surface area contributed by atoms with Crippen LogP contribution in [0.25, 0.3) is 0 Å². The van der Waals surface area contributed by atoms with E-state index in [4.69, 9.17) is 23.2 Å². The first kappa shape index (κ1) is 15.6. The van der Waals surface area contributed by atoms with E-state index in [1.165, 1.54) is 0 Å². The molecule has 0 bridgehead atoms. The summed E-state index contributed by atoms with van der Waals surface area (Å²) in [5.41, 5.74) is 0.538. The Bertz CT molecular complexity index is 489. The van der Waals surface area contributed by atoms with Crippen LogP contribution in [0.1, 0.15) is 30.6 Å². The molecule has 20 heavy (non-hydrogen) atoms. The fourth-order valence-corrected chi connectivity index (χ4v) is 3.29. The van der Waals surface area contributed by atoms with E-state index >= 15 is 0 Å². The third kappa shape index (κ3) is 3.27. The van der Waals surface area contributed by atoms with Gasteiger partial charge in [0.2, 0.25) is 0 Å². The van der Waals surface area contributed by atoms with E-state index in [1.807, 2.05) is 4.90 Å². The van der Waals surface area contributed by atoms with E-state index in [9.17, 15) is 4.79 Å². The minimum Gasteiger partial charge on any atom is -0.337 e. The van der Waals surface area contributed by atoms with E-state index in [0.29, 0.717) is 21.7 Å². The number of hydrogen-bond acceptors (Lipinski definition) is 2. The molecule has 2 rings (SSSR count). The van der Waals surface area contributed by atoms with Gasteiger partial charge in [-0.1, -0.05) is 37.0 Å². The number of hydrogen-bond donors (Lipinski definition) is 0. The van der Waals surface area contributed by atoms with Crippen LogP contribution >= 0.6 is 23.2 Å². The number of likely N-dealkylation sites (tertiary alicyclic amines) is 1. The predicted molar refractivity (Wildman–Crippen MR) is 83.7 cm³/mol. The SMILES string of the molecule is CCN(CC)C1CCN(C(=O)c2ccc(Cl)cc2Cl)C1. The molecule has 1 heterocycles. The van der Waals surface area contributed by atoms with E-state index in [0.717, 1.165) is 32.6 Å². The summed E-state index contributed by atoms with van der Waals surface area (Å²) in [6, 6.07) is 5.49. The summed E-state index contributed by atoms with van der Waals surface area (Å²) in [7, 11) is 0. The van der Waals surface area contributed by atoms with Crippen molar-refractivity contribution in [3.8, 4) is 0 Å². The summed E-state index contributed by atoms with van der Waals surface area (Å²) in [4.78, 5) is 16.8. The van der Waals surface area contributed by atoms with Crippen molar-refractivity contribution in [3.63, 3.8) is 0 Å². The zero-order chi connectivity index (χ0) is 14.7. The molecule has 0 N–H and O–H groups in total. The lowest BCUT2D eigenvalue weighted by Gasteiger charge is -2.26. The molecule has 5 heteroatoms. The van der Waals surface area contributed by atoms with Gasteiger partial charge in [-0.05, 0) is 37.7 Å². The predicted octanol–water partition coefficient (Wildman–Crippen LogP) is 3.55. The Labute approximate surface area is 130 Å². The fourth-order valence-electron chi connectivity index (χ4n) is 2.80. The number of amides is 1. The molecular formula is C15H20Cl2N2O. The zero-order valence-electron chi connectivity index (χ0n) is 11.9. The quantitative estimate of drug-likeness (QED) is 0.848. The monoisotopic (exact) mass is 314 g/mol. The second kappa shape index (κ2) is 6.79. The number of carbonyl (C=O) groups is 1. The zero-order valence-corrected chi connectivity index (χ0v) is 13.4. The van der Waals surface area contributed by atoms with Gasteiger partial charge in [0.15, 0.2) is 0 Å². The van der Waals surface area contributed by atoms with Gasteiger partial charge in [-0.15, -0.1) is 0 Å². The maximum absolute atomic E-state index is 12.5. The van der Waals surface area contributed by atoms with Crippen LogP contribution in [0.5, 0.6) is 0 Å². The van der Waals surface area contributed by atoms with Gasteiger partial charge in [0, 0.05) is 24.2 Å². The minimum absolute atomic E-state index is 0.00122. The van der Waals surface area contributed by atoms with Crippen LogP contribution in [-0.2, 0) is 0 Å². The first-order valence-corrected chi connectivity index (χ1v) is 7.80. The third-order valence-electron chi connectivity index (χ3n) is 3.94. The summed E-state index contributed by atoms with van der Waals surface area (Å²) < 4.78 is 0. The normalized spacial score (nSPS) is 18.9. The molecule has 3 nitrogen and oxygen atoms in total. The molecule has 1 saturated heterocycles. The van der Waals surface area contributed by atoms with Gasteiger partial charge in [0.05, 0.1) is 10.6 Å². The first-order chi connectivity index (χ1) is 9.56. The summed E-state index contributed by atoms with van der Waals surface area (Å²) >= 11 is 12.0. The summed E-state index contributed by atoms with van der Waals surface area (Å²) in [5.74, 6) is 0.00122. The third-order valence-corrected chi connectivity index (χ3v) is 4.49. The van der Waals surface area contributed by atoms with Crippen LogP contribution in [0.2, 0.25) is 10.0 Å². The van der Waals surface area contributed by atoms with E-state index in [-0.39, 0.29) is 5.91 Å². The van der Waals surface area contributed by atoms with Gasteiger partial charge < -0.3 is 4.90 Å². The average molecular weight is 315 g/mol. The fraction of sp³-hybridized carbons (Fsp3) is 0.533. The lowest BCUT2D eigenvalue weighted by molar-refractivity contribution is 0.0778. The maximum atomic E-state index is 12.5. The molecule has 0 aromatic heterocycles. The molecule has 0 spiro atoms. The molecule has 1 fully saturated rings. The standard InChI is InChI=1S/C15H20Cl2N2O/c1-3-18(4-2)12-7-8-19(10-12)15(20)13-6-5-11(16)9-14(13)17/h5-6,9,12H,3-4,7-8,10H2,1-2H3. The number of carbonyl (C=O) groups excluding carboxylic acids is 1. The molecule has 1 amide bonds. The maximum Gasteiger partial charge on any atom is 0.255 e. The molecule has 1 atom stereocenters. The van der Waals surface area contributed by atoms with Crippen LogP contribution in [0.15, 0.2) is 18.2 Å². The first-order valence-electron chi connectivity index (χ1n) is 7.05. The van der Waals surface area contributed by atoms with Crippen LogP contribution in [0, 0.1) is 0 Å². The summed E-state index contributed by atoms with van der Waals surface area (Å²) in [6.45, 7) is 7.92. The smallest absolute Gasteiger partial charge is 0.255 e. The van der Waals surface area contributed by atoms with Crippen molar-refractivity contribution in [2.75, 3.05) is 26.2 Å². The average Bonchev–Trinajstić information content (AvgIpc) is 2.89. The van der Waals surface area contributed by atoms with Gasteiger partial charge in [-0.3, -0.25) is 9.69 Å². The number of halogens is 2. The van der Waals surface area contributed by atoms with Crippen molar-refractivity contribution in [2.24, 2.45) is 0 Å². The van der Waals surface area contributed by atoms with Gasteiger partial charge >= 0.3 is 0 Å². The van der Waals surface area contributed by atoms with Gasteiger partial charge in [-0.25, -0.2) is 0 Å². The molecule has 1 aliphatic heterocycles. The van der Waals surface area contributed by atoms with Gasteiger partial charge in [0.25, 0.3) is 5.91 Å². The van der Waals surface area contributed by atoms with Crippen molar-refractivity contribution in [2.45, 2.75) is 26.3 Å². The Kier molecular flexibility index (Phi) is 5.30. The Morgan fingerprint density at radius 3 is 2.65 bits per heavy atom. The Morgan fingerprint density at radius 1 is 1.35 bits per heavy atom. The van der Waals surface area contributed by atoms with Crippen molar-refractivity contribution in [3.05, 3.63) is 33.8 Å². The van der Waals surface area contributed by atoms with E-state index < -0.39 is 0 Å². The van der Waals surface area contributed by atoms with Crippen LogP contribution in [-0.4, -0.2) is 47.9 Å². The van der Waals surface area contributed by atoms with Crippen LogP contribution in [0.3, 0.4) is 0 Å². The number of likely N-dealkylation sites (N-methyl/N-ethyl adjacent to an activating group) is 1. The Balaban J connectivity index is 2.08. The molecule has 0 aliphatic carbocycles. The highest BCUT2D eigenvalue weighted by Gasteiger charge is 2.30. The van der Waals surface area contributed by atoms with Gasteiger partial charge in [-0.2, -0.15) is 0 Å². The number of nitrogens with zero attached hydrogens (tertiary/aromatic N) is 2. The molecule has 1 aliphatic rings. The molecule has 110 valence electrons. The van der Waals surface area contributed by atoms with Crippen molar-refractivity contribution in [1.82, 2.24) is 9.80 Å². The molecule has 0 saturated carbocycles. The molecule has 1 aromatic rings. The topological polar surface area (TPSA) is 23.6 Å². The highest BCUT2D eigenvalue weighted by molar-refractivity contribution is 6.36. The van der Waals surface area contributed by atoms with Crippen LogP contribution < -0.4 is 0 Å². The summed E-state index contributed by atoms with van der Waals surface area (Å²) in [6.07, 6.45) is 1.03. The van der Waals surface area contributed by atoms with Crippen molar-refractivity contribution >= 4 is 29.1 Å². The second-order valence-electron chi connectivity index (χ2n) is 5.04.